The molecular weight excluding hydrogens is 344 g/mol. The van der Waals surface area contributed by atoms with Gasteiger partial charge in [0.2, 0.25) is 0 Å². The van der Waals surface area contributed by atoms with Crippen molar-refractivity contribution >= 4 is 0 Å². The van der Waals surface area contributed by atoms with Crippen molar-refractivity contribution in [2.24, 2.45) is 5.92 Å². The Morgan fingerprint density at radius 1 is 1.12 bits per heavy atom. The largest absolute Gasteiger partial charge is 0.486 e. The van der Waals surface area contributed by atoms with Crippen molar-refractivity contribution < 1.29 is 22.3 Å². The van der Waals surface area contributed by atoms with Gasteiger partial charge in [-0.15, -0.1) is 0 Å². The summed E-state index contributed by atoms with van der Waals surface area (Å²) in [7, 11) is 0. The van der Waals surface area contributed by atoms with E-state index in [4.69, 9.17) is 4.74 Å². The van der Waals surface area contributed by atoms with Gasteiger partial charge in [-0.25, -0.2) is 4.39 Å². The van der Waals surface area contributed by atoms with Crippen molar-refractivity contribution in [3.8, 4) is 5.75 Å². The maximum atomic E-state index is 14.2. The van der Waals surface area contributed by atoms with Crippen LogP contribution >= 0.6 is 0 Å². The first-order valence-corrected chi connectivity index (χ1v) is 9.55. The highest BCUT2D eigenvalue weighted by Gasteiger charge is 2.23. The molecule has 1 aromatic carbocycles. The summed E-state index contributed by atoms with van der Waals surface area (Å²) in [6.45, 7) is 1.91. The summed E-state index contributed by atoms with van der Waals surface area (Å²) in [6, 6.07) is 4.85. The molecule has 146 valence electrons. The van der Waals surface area contributed by atoms with Crippen molar-refractivity contribution in [3.05, 3.63) is 41.7 Å². The molecule has 5 heteroatoms. The van der Waals surface area contributed by atoms with Crippen LogP contribution in [0.15, 0.2) is 30.4 Å². The van der Waals surface area contributed by atoms with Crippen LogP contribution < -0.4 is 4.74 Å². The molecule has 2 rings (SSSR count). The Labute approximate surface area is 153 Å². The molecule has 1 saturated carbocycles. The third kappa shape index (κ3) is 7.00. The molecule has 0 atom stereocenters. The van der Waals surface area contributed by atoms with Gasteiger partial charge in [0.15, 0.2) is 11.6 Å². The summed E-state index contributed by atoms with van der Waals surface area (Å²) >= 11 is 0. The molecule has 0 aliphatic heterocycles. The van der Waals surface area contributed by atoms with Crippen molar-refractivity contribution in [3.63, 3.8) is 0 Å². The lowest BCUT2D eigenvalue weighted by Gasteiger charge is -2.29. The van der Waals surface area contributed by atoms with Crippen molar-refractivity contribution in [1.29, 1.82) is 0 Å². The van der Waals surface area contributed by atoms with Crippen LogP contribution in [0.3, 0.4) is 0 Å². The summed E-state index contributed by atoms with van der Waals surface area (Å²) in [5.74, 6) is 0.651. The number of allylic oxidation sites excluding steroid dienone is 1. The predicted octanol–water partition coefficient (Wildman–Crippen LogP) is 7.18. The van der Waals surface area contributed by atoms with Crippen LogP contribution in [0.1, 0.15) is 69.8 Å². The van der Waals surface area contributed by atoms with Crippen LogP contribution in [0.25, 0.3) is 0 Å². The number of benzene rings is 1. The Morgan fingerprint density at radius 2 is 1.85 bits per heavy atom. The predicted molar refractivity (Wildman–Crippen MR) is 95.9 cm³/mol. The summed E-state index contributed by atoms with van der Waals surface area (Å²) in [5, 5.41) is 0. The zero-order chi connectivity index (χ0) is 19.0. The molecule has 1 fully saturated rings. The van der Waals surface area contributed by atoms with Crippen molar-refractivity contribution in [2.45, 2.75) is 70.4 Å². The second-order valence-electron chi connectivity index (χ2n) is 7.16. The molecule has 0 spiro atoms. The Balaban J connectivity index is 1.83. The molecule has 0 radical (unpaired) electrons. The first-order valence-electron chi connectivity index (χ1n) is 9.55. The SMILES string of the molecule is CCCCC[C@H]1CC[C@H](c2ccc(OCC=CC(F)(F)F)c(F)c2)CC1. The zero-order valence-corrected chi connectivity index (χ0v) is 15.3. The fraction of sp³-hybridized carbons (Fsp3) is 0.619. The normalized spacial score (nSPS) is 21.3. The Hall–Kier alpha value is -1.52. The first-order chi connectivity index (χ1) is 12.4. The number of alkyl halides is 3. The number of unbranched alkanes of at least 4 members (excludes halogenated alkanes) is 2. The number of rotatable bonds is 8. The smallest absolute Gasteiger partial charge is 0.409 e. The van der Waals surface area contributed by atoms with Gasteiger partial charge in [-0.3, -0.25) is 0 Å². The van der Waals surface area contributed by atoms with Crippen LogP contribution in [-0.2, 0) is 0 Å². The highest BCUT2D eigenvalue weighted by Crippen LogP contribution is 2.38. The van der Waals surface area contributed by atoms with Crippen molar-refractivity contribution in [2.75, 3.05) is 6.61 Å². The summed E-state index contributed by atoms with van der Waals surface area (Å²) < 4.78 is 55.3. The molecule has 0 bridgehead atoms. The molecule has 0 aromatic heterocycles. The summed E-state index contributed by atoms with van der Waals surface area (Å²) in [5.41, 5.74) is 0.965. The minimum atomic E-state index is -4.37. The standard InChI is InChI=1S/C21H28F4O/c1-2-3-4-6-16-7-9-17(10-8-16)18-11-12-20(19(22)15-18)26-14-5-13-21(23,24)25/h5,11-13,15-17H,2-4,6-10,14H2,1H3/t16-,17-. The van der Waals surface area contributed by atoms with Gasteiger partial charge in [-0.2, -0.15) is 13.2 Å². The molecule has 26 heavy (non-hydrogen) atoms. The highest BCUT2D eigenvalue weighted by molar-refractivity contribution is 5.31. The van der Waals surface area contributed by atoms with E-state index in [2.05, 4.69) is 6.92 Å². The van der Waals surface area contributed by atoms with E-state index in [1.165, 1.54) is 50.7 Å². The Bertz CT molecular complexity index is 572. The van der Waals surface area contributed by atoms with Crippen LogP contribution in [-0.4, -0.2) is 12.8 Å². The van der Waals surface area contributed by atoms with E-state index in [9.17, 15) is 17.6 Å². The molecular formula is C21H28F4O. The van der Waals surface area contributed by atoms with Gasteiger partial charge < -0.3 is 4.74 Å². The maximum Gasteiger partial charge on any atom is 0.409 e. The number of ether oxygens (including phenoxy) is 1. The second-order valence-corrected chi connectivity index (χ2v) is 7.16. The third-order valence-electron chi connectivity index (χ3n) is 5.13. The van der Waals surface area contributed by atoms with E-state index < -0.39 is 12.0 Å². The van der Waals surface area contributed by atoms with Crippen LogP contribution in [0.2, 0.25) is 0 Å². The van der Waals surface area contributed by atoms with Gasteiger partial charge in [-0.1, -0.05) is 38.7 Å². The highest BCUT2D eigenvalue weighted by atomic mass is 19.4. The van der Waals surface area contributed by atoms with E-state index in [-0.39, 0.29) is 18.4 Å². The van der Waals surface area contributed by atoms with E-state index in [1.807, 2.05) is 6.07 Å². The molecule has 1 nitrogen and oxygen atoms in total. The van der Waals surface area contributed by atoms with Crippen LogP contribution in [0, 0.1) is 11.7 Å². The quantitative estimate of drug-likeness (QED) is 0.267. The molecule has 1 aliphatic carbocycles. The monoisotopic (exact) mass is 372 g/mol. The number of halogens is 4. The lowest BCUT2D eigenvalue weighted by Crippen LogP contribution is -2.13. The molecule has 0 heterocycles. The van der Waals surface area contributed by atoms with E-state index in [0.717, 1.165) is 30.4 Å². The topological polar surface area (TPSA) is 9.23 Å². The number of hydrogen-bond donors (Lipinski definition) is 0. The molecule has 0 saturated heterocycles. The summed E-state index contributed by atoms with van der Waals surface area (Å²) in [6.07, 6.45) is 6.23. The average molecular weight is 372 g/mol. The molecule has 0 amide bonds. The summed E-state index contributed by atoms with van der Waals surface area (Å²) in [4.78, 5) is 0. The van der Waals surface area contributed by atoms with Gasteiger partial charge in [-0.05, 0) is 61.3 Å². The van der Waals surface area contributed by atoms with E-state index in [0.29, 0.717) is 5.92 Å². The molecule has 1 aliphatic rings. The van der Waals surface area contributed by atoms with Gasteiger partial charge >= 0.3 is 6.18 Å². The average Bonchev–Trinajstić information content (AvgIpc) is 2.60. The fourth-order valence-electron chi connectivity index (χ4n) is 3.68. The third-order valence-corrected chi connectivity index (χ3v) is 5.13. The van der Waals surface area contributed by atoms with Gasteiger partial charge in [0.05, 0.1) is 0 Å². The van der Waals surface area contributed by atoms with Crippen molar-refractivity contribution in [1.82, 2.24) is 0 Å². The van der Waals surface area contributed by atoms with Crippen LogP contribution in [0.5, 0.6) is 5.75 Å². The molecule has 1 aromatic rings. The Kier molecular flexibility index (Phi) is 7.98. The number of hydrogen-bond acceptors (Lipinski definition) is 1. The zero-order valence-electron chi connectivity index (χ0n) is 15.3. The maximum absolute atomic E-state index is 14.2. The lowest BCUT2D eigenvalue weighted by atomic mass is 9.77. The van der Waals surface area contributed by atoms with E-state index >= 15 is 0 Å². The minimum absolute atomic E-state index is 0.00572. The second kappa shape index (κ2) is 9.98. The molecule has 0 N–H and O–H groups in total. The Morgan fingerprint density at radius 3 is 2.46 bits per heavy atom. The van der Waals surface area contributed by atoms with Gasteiger partial charge in [0.25, 0.3) is 0 Å². The van der Waals surface area contributed by atoms with E-state index in [1.54, 1.807) is 0 Å². The van der Waals surface area contributed by atoms with Gasteiger partial charge in [0.1, 0.15) is 6.61 Å². The molecule has 0 unspecified atom stereocenters. The van der Waals surface area contributed by atoms with Crippen LogP contribution in [0.4, 0.5) is 17.6 Å². The minimum Gasteiger partial charge on any atom is -0.486 e. The lowest BCUT2D eigenvalue weighted by molar-refractivity contribution is -0.0801. The van der Waals surface area contributed by atoms with Gasteiger partial charge in [0, 0.05) is 6.08 Å². The first kappa shape index (κ1) is 20.8. The fourth-order valence-corrected chi connectivity index (χ4v) is 3.68.